The lowest BCUT2D eigenvalue weighted by molar-refractivity contribution is -0.126. The van der Waals surface area contributed by atoms with E-state index in [-0.39, 0.29) is 11.7 Å². The van der Waals surface area contributed by atoms with Crippen molar-refractivity contribution in [1.82, 2.24) is 0 Å². The number of rotatable bonds is 2. The molecule has 1 fully saturated rings. The lowest BCUT2D eigenvalue weighted by atomic mass is 9.69. The van der Waals surface area contributed by atoms with E-state index in [1.807, 2.05) is 0 Å². The van der Waals surface area contributed by atoms with E-state index in [1.54, 1.807) is 12.1 Å². The number of carbonyl (C=O) groups excluding carboxylic acids is 1. The number of phenolic OH excluding ortho intramolecular Hbond substituents is 1. The van der Waals surface area contributed by atoms with E-state index in [4.69, 9.17) is 10.4 Å². The van der Waals surface area contributed by atoms with Crippen molar-refractivity contribution >= 4 is 11.6 Å². The monoisotopic (exact) mass is 216 g/mol. The van der Waals surface area contributed by atoms with Gasteiger partial charge in [0, 0.05) is 5.69 Å². The summed E-state index contributed by atoms with van der Waals surface area (Å²) in [5.41, 5.74) is -0.234. The first-order chi connectivity index (χ1) is 7.66. The number of phenols is 1. The number of hydrogen-bond donors (Lipinski definition) is 2. The molecular formula is C12H12N2O2. The highest BCUT2D eigenvalue weighted by Gasteiger charge is 2.44. The number of hydrogen-bond acceptors (Lipinski definition) is 3. The van der Waals surface area contributed by atoms with Crippen molar-refractivity contribution < 1.29 is 9.90 Å². The van der Waals surface area contributed by atoms with Gasteiger partial charge in [-0.2, -0.15) is 5.26 Å². The molecule has 0 aliphatic heterocycles. The van der Waals surface area contributed by atoms with Gasteiger partial charge in [-0.1, -0.05) is 0 Å². The molecule has 0 bridgehead atoms. The fourth-order valence-corrected chi connectivity index (χ4v) is 1.72. The van der Waals surface area contributed by atoms with Gasteiger partial charge in [-0.3, -0.25) is 4.79 Å². The zero-order valence-corrected chi connectivity index (χ0v) is 8.73. The lowest BCUT2D eigenvalue weighted by Crippen LogP contribution is -2.40. The van der Waals surface area contributed by atoms with Crippen LogP contribution < -0.4 is 5.32 Å². The summed E-state index contributed by atoms with van der Waals surface area (Å²) in [5, 5.41) is 20.8. The van der Waals surface area contributed by atoms with Crippen LogP contribution in [0, 0.1) is 16.7 Å². The van der Waals surface area contributed by atoms with Crippen molar-refractivity contribution in [2.75, 3.05) is 5.32 Å². The van der Waals surface area contributed by atoms with E-state index >= 15 is 0 Å². The van der Waals surface area contributed by atoms with Crippen LogP contribution in [0.5, 0.6) is 5.75 Å². The number of aromatic hydroxyl groups is 1. The molecule has 0 unspecified atom stereocenters. The highest BCUT2D eigenvalue weighted by Crippen LogP contribution is 2.41. The summed E-state index contributed by atoms with van der Waals surface area (Å²) >= 11 is 0. The van der Waals surface area contributed by atoms with Crippen molar-refractivity contribution in [3.8, 4) is 11.8 Å². The Morgan fingerprint density at radius 1 is 1.38 bits per heavy atom. The quantitative estimate of drug-likeness (QED) is 0.743. The molecule has 1 aromatic rings. The molecular weight excluding hydrogens is 204 g/mol. The van der Waals surface area contributed by atoms with Gasteiger partial charge < -0.3 is 10.4 Å². The van der Waals surface area contributed by atoms with Gasteiger partial charge in [0.2, 0.25) is 5.91 Å². The average Bonchev–Trinajstić information content (AvgIpc) is 2.21. The predicted octanol–water partition coefficient (Wildman–Crippen LogP) is 2.02. The molecule has 2 rings (SSSR count). The maximum Gasteiger partial charge on any atom is 0.244 e. The number of nitriles is 1. The number of benzene rings is 1. The molecule has 4 heteroatoms. The standard InChI is InChI=1S/C12H12N2O2/c13-8-12(6-1-7-12)11(16)14-9-2-4-10(15)5-3-9/h2-5,15H,1,6-7H2,(H,14,16). The van der Waals surface area contributed by atoms with Gasteiger partial charge in [0.1, 0.15) is 11.2 Å². The summed E-state index contributed by atoms with van der Waals surface area (Å²) in [6.45, 7) is 0. The second kappa shape index (κ2) is 3.86. The molecule has 0 spiro atoms. The van der Waals surface area contributed by atoms with Gasteiger partial charge in [0.05, 0.1) is 6.07 Å². The SMILES string of the molecule is N#CC1(C(=O)Nc2ccc(O)cc2)CCC1. The third-order valence-electron chi connectivity index (χ3n) is 2.98. The minimum atomic E-state index is -0.835. The Labute approximate surface area is 93.5 Å². The number of nitrogens with one attached hydrogen (secondary N) is 1. The van der Waals surface area contributed by atoms with E-state index < -0.39 is 5.41 Å². The van der Waals surface area contributed by atoms with Gasteiger partial charge in [-0.15, -0.1) is 0 Å². The summed E-state index contributed by atoms with van der Waals surface area (Å²) in [4.78, 5) is 11.8. The largest absolute Gasteiger partial charge is 0.508 e. The molecule has 2 N–H and O–H groups in total. The van der Waals surface area contributed by atoms with Crippen molar-refractivity contribution in [1.29, 1.82) is 5.26 Å². The number of nitrogens with zero attached hydrogens (tertiary/aromatic N) is 1. The first-order valence-corrected chi connectivity index (χ1v) is 5.18. The summed E-state index contributed by atoms with van der Waals surface area (Å²) in [7, 11) is 0. The van der Waals surface area contributed by atoms with Crippen molar-refractivity contribution in [3.63, 3.8) is 0 Å². The van der Waals surface area contributed by atoms with Crippen LogP contribution in [-0.2, 0) is 4.79 Å². The molecule has 1 amide bonds. The van der Waals surface area contributed by atoms with Gasteiger partial charge in [0.25, 0.3) is 0 Å². The maximum atomic E-state index is 11.8. The van der Waals surface area contributed by atoms with Crippen molar-refractivity contribution in [2.45, 2.75) is 19.3 Å². The molecule has 0 saturated heterocycles. The zero-order valence-electron chi connectivity index (χ0n) is 8.73. The van der Waals surface area contributed by atoms with Crippen LogP contribution in [0.2, 0.25) is 0 Å². The maximum absolute atomic E-state index is 11.8. The van der Waals surface area contributed by atoms with Crippen LogP contribution in [0.15, 0.2) is 24.3 Å². The summed E-state index contributed by atoms with van der Waals surface area (Å²) in [6.07, 6.45) is 2.19. The van der Waals surface area contributed by atoms with E-state index in [1.165, 1.54) is 12.1 Å². The second-order valence-electron chi connectivity index (χ2n) is 4.05. The Balaban J connectivity index is 2.08. The number of amides is 1. The minimum absolute atomic E-state index is 0.150. The molecule has 0 atom stereocenters. The van der Waals surface area contributed by atoms with E-state index in [2.05, 4.69) is 11.4 Å². The van der Waals surface area contributed by atoms with Gasteiger partial charge in [-0.25, -0.2) is 0 Å². The lowest BCUT2D eigenvalue weighted by Gasteiger charge is -2.33. The van der Waals surface area contributed by atoms with E-state index in [0.717, 1.165) is 6.42 Å². The zero-order chi connectivity index (χ0) is 11.6. The summed E-state index contributed by atoms with van der Waals surface area (Å²) < 4.78 is 0. The van der Waals surface area contributed by atoms with Crippen LogP contribution in [-0.4, -0.2) is 11.0 Å². The molecule has 1 aliphatic rings. The topological polar surface area (TPSA) is 73.1 Å². The fraction of sp³-hybridized carbons (Fsp3) is 0.333. The van der Waals surface area contributed by atoms with Crippen LogP contribution in [0.25, 0.3) is 0 Å². The average molecular weight is 216 g/mol. The van der Waals surface area contributed by atoms with Crippen LogP contribution in [0.4, 0.5) is 5.69 Å². The smallest absolute Gasteiger partial charge is 0.244 e. The Morgan fingerprint density at radius 2 is 2.00 bits per heavy atom. The molecule has 1 aromatic carbocycles. The summed E-state index contributed by atoms with van der Waals surface area (Å²) in [6, 6.07) is 8.29. The molecule has 1 saturated carbocycles. The predicted molar refractivity (Wildman–Crippen MR) is 58.6 cm³/mol. The van der Waals surface area contributed by atoms with Crippen LogP contribution in [0.1, 0.15) is 19.3 Å². The van der Waals surface area contributed by atoms with Crippen LogP contribution >= 0.6 is 0 Å². The Bertz CT molecular complexity index is 441. The normalized spacial score (nSPS) is 16.9. The molecule has 0 heterocycles. The highest BCUT2D eigenvalue weighted by molar-refractivity contribution is 5.97. The van der Waals surface area contributed by atoms with Gasteiger partial charge >= 0.3 is 0 Å². The number of carbonyl (C=O) groups is 1. The highest BCUT2D eigenvalue weighted by atomic mass is 16.3. The Hall–Kier alpha value is -2.02. The number of anilines is 1. The van der Waals surface area contributed by atoms with Gasteiger partial charge in [-0.05, 0) is 43.5 Å². The fourth-order valence-electron chi connectivity index (χ4n) is 1.72. The molecule has 1 aliphatic carbocycles. The second-order valence-corrected chi connectivity index (χ2v) is 4.05. The third kappa shape index (κ3) is 1.72. The van der Waals surface area contributed by atoms with Crippen molar-refractivity contribution in [3.05, 3.63) is 24.3 Å². The Kier molecular flexibility index (Phi) is 2.53. The molecule has 4 nitrogen and oxygen atoms in total. The molecule has 16 heavy (non-hydrogen) atoms. The Morgan fingerprint density at radius 3 is 2.44 bits per heavy atom. The summed E-state index contributed by atoms with van der Waals surface area (Å²) in [5.74, 6) is -0.0939. The molecule has 82 valence electrons. The minimum Gasteiger partial charge on any atom is -0.508 e. The molecule has 0 aromatic heterocycles. The van der Waals surface area contributed by atoms with E-state index in [9.17, 15) is 4.79 Å². The first-order valence-electron chi connectivity index (χ1n) is 5.18. The van der Waals surface area contributed by atoms with Crippen molar-refractivity contribution in [2.24, 2.45) is 5.41 Å². The first kappa shape index (κ1) is 10.5. The molecule has 0 radical (unpaired) electrons. The third-order valence-corrected chi connectivity index (χ3v) is 2.98. The van der Waals surface area contributed by atoms with Crippen LogP contribution in [0.3, 0.4) is 0 Å². The van der Waals surface area contributed by atoms with Gasteiger partial charge in [0.15, 0.2) is 0 Å². The van der Waals surface area contributed by atoms with E-state index in [0.29, 0.717) is 18.5 Å².